The van der Waals surface area contributed by atoms with E-state index in [4.69, 9.17) is 4.74 Å². The van der Waals surface area contributed by atoms with Crippen LogP contribution in [-0.4, -0.2) is 44.8 Å². The van der Waals surface area contributed by atoms with Crippen molar-refractivity contribution in [3.05, 3.63) is 12.2 Å². The second-order valence-corrected chi connectivity index (χ2v) is 4.30. The highest BCUT2D eigenvalue weighted by molar-refractivity contribution is 5.71. The van der Waals surface area contributed by atoms with Crippen LogP contribution in [0.3, 0.4) is 0 Å². The summed E-state index contributed by atoms with van der Waals surface area (Å²) in [5, 5.41) is 4.13. The number of hydrogen-bond donors (Lipinski definition) is 0. The van der Waals surface area contributed by atoms with Crippen molar-refractivity contribution in [2.24, 2.45) is 0 Å². The molecule has 0 N–H and O–H groups in total. The van der Waals surface area contributed by atoms with Crippen LogP contribution < -0.4 is 0 Å². The first kappa shape index (κ1) is 14.6. The van der Waals surface area contributed by atoms with Crippen LogP contribution >= 0.6 is 0 Å². The van der Waals surface area contributed by atoms with Gasteiger partial charge < -0.3 is 4.74 Å². The van der Waals surface area contributed by atoms with Gasteiger partial charge in [-0.25, -0.2) is 9.67 Å². The number of ether oxygens (including phenoxy) is 1. The highest BCUT2D eigenvalue weighted by Gasteiger charge is 2.17. The lowest BCUT2D eigenvalue weighted by Crippen LogP contribution is -2.36. The molecule has 0 aliphatic heterocycles. The summed E-state index contributed by atoms with van der Waals surface area (Å²) in [6.07, 6.45) is 1.54. The first-order valence-electron chi connectivity index (χ1n) is 6.34. The number of aryl methyl sites for hydroxylation is 1. The maximum atomic E-state index is 11.5. The lowest BCUT2D eigenvalue weighted by molar-refractivity contribution is -0.145. The van der Waals surface area contributed by atoms with Gasteiger partial charge in [0.05, 0.1) is 19.7 Å². The molecule has 1 heterocycles. The minimum absolute atomic E-state index is 0.200. The molecular weight excluding hydrogens is 232 g/mol. The van der Waals surface area contributed by atoms with E-state index in [1.807, 2.05) is 37.3 Å². The summed E-state index contributed by atoms with van der Waals surface area (Å²) < 4.78 is 6.81. The molecule has 0 aliphatic rings. The quantitative estimate of drug-likeness (QED) is 0.681. The smallest absolute Gasteiger partial charge is 0.320 e. The molecule has 0 spiro atoms. The molecule has 0 saturated heterocycles. The number of nitrogens with zero attached hydrogens (tertiary/aromatic N) is 4. The standard InChI is InChI=1S/C12H22N4O2/c1-5-16-11(13-9-14-16)7-15(10(3)4)8-12(17)18-6-2/h9-10H,5-8H2,1-4H3. The van der Waals surface area contributed by atoms with E-state index in [0.29, 0.717) is 13.2 Å². The van der Waals surface area contributed by atoms with Crippen molar-refractivity contribution in [1.82, 2.24) is 19.7 Å². The molecule has 0 amide bonds. The van der Waals surface area contributed by atoms with E-state index in [-0.39, 0.29) is 18.6 Å². The highest BCUT2D eigenvalue weighted by Crippen LogP contribution is 2.06. The van der Waals surface area contributed by atoms with Gasteiger partial charge in [-0.1, -0.05) is 0 Å². The molecule has 0 unspecified atom stereocenters. The summed E-state index contributed by atoms with van der Waals surface area (Å²) in [6.45, 7) is 10.00. The first-order valence-corrected chi connectivity index (χ1v) is 6.34. The topological polar surface area (TPSA) is 60.2 Å². The van der Waals surface area contributed by atoms with Gasteiger partial charge in [-0.2, -0.15) is 5.10 Å². The maximum absolute atomic E-state index is 11.5. The van der Waals surface area contributed by atoms with Gasteiger partial charge in [0, 0.05) is 12.6 Å². The van der Waals surface area contributed by atoms with Crippen molar-refractivity contribution in [3.8, 4) is 0 Å². The molecule has 102 valence electrons. The monoisotopic (exact) mass is 254 g/mol. The zero-order chi connectivity index (χ0) is 13.5. The average Bonchev–Trinajstić information content (AvgIpc) is 2.75. The normalized spacial score (nSPS) is 11.2. The van der Waals surface area contributed by atoms with Crippen molar-refractivity contribution in [2.75, 3.05) is 13.2 Å². The van der Waals surface area contributed by atoms with Crippen molar-refractivity contribution in [2.45, 2.75) is 46.8 Å². The van der Waals surface area contributed by atoms with Crippen LogP contribution in [0, 0.1) is 0 Å². The molecule has 0 fully saturated rings. The van der Waals surface area contributed by atoms with Crippen molar-refractivity contribution in [3.63, 3.8) is 0 Å². The van der Waals surface area contributed by atoms with E-state index in [1.54, 1.807) is 6.33 Å². The lowest BCUT2D eigenvalue weighted by Gasteiger charge is -2.24. The van der Waals surface area contributed by atoms with E-state index in [2.05, 4.69) is 10.1 Å². The second-order valence-electron chi connectivity index (χ2n) is 4.30. The summed E-state index contributed by atoms with van der Waals surface area (Å²) >= 11 is 0. The molecule has 1 aromatic heterocycles. The third-order valence-electron chi connectivity index (χ3n) is 2.71. The van der Waals surface area contributed by atoms with Crippen molar-refractivity contribution >= 4 is 5.97 Å². The Hall–Kier alpha value is -1.43. The van der Waals surface area contributed by atoms with Gasteiger partial charge in [0.15, 0.2) is 0 Å². The molecule has 1 aromatic rings. The van der Waals surface area contributed by atoms with E-state index < -0.39 is 0 Å². The van der Waals surface area contributed by atoms with Crippen LogP contribution in [0.25, 0.3) is 0 Å². The van der Waals surface area contributed by atoms with Gasteiger partial charge in [-0.3, -0.25) is 9.69 Å². The van der Waals surface area contributed by atoms with Crippen LogP contribution in [0.1, 0.15) is 33.5 Å². The van der Waals surface area contributed by atoms with Gasteiger partial charge in [0.25, 0.3) is 0 Å². The Labute approximate surface area is 108 Å². The fourth-order valence-corrected chi connectivity index (χ4v) is 1.65. The Kier molecular flexibility index (Phi) is 5.77. The largest absolute Gasteiger partial charge is 0.465 e. The fourth-order valence-electron chi connectivity index (χ4n) is 1.65. The van der Waals surface area contributed by atoms with E-state index in [9.17, 15) is 4.79 Å². The number of carbonyl (C=O) groups is 1. The van der Waals surface area contributed by atoms with Crippen molar-refractivity contribution < 1.29 is 9.53 Å². The SMILES string of the molecule is CCOC(=O)CN(Cc1ncnn1CC)C(C)C. The minimum Gasteiger partial charge on any atom is -0.465 e. The Morgan fingerprint density at radius 3 is 2.78 bits per heavy atom. The molecule has 18 heavy (non-hydrogen) atoms. The highest BCUT2D eigenvalue weighted by atomic mass is 16.5. The second kappa shape index (κ2) is 7.10. The number of rotatable bonds is 7. The lowest BCUT2D eigenvalue weighted by atomic mass is 10.3. The average molecular weight is 254 g/mol. The molecule has 0 bridgehead atoms. The molecule has 0 saturated carbocycles. The third-order valence-corrected chi connectivity index (χ3v) is 2.71. The summed E-state index contributed by atoms with van der Waals surface area (Å²) in [4.78, 5) is 17.8. The van der Waals surface area contributed by atoms with Gasteiger partial charge in [0.2, 0.25) is 0 Å². The van der Waals surface area contributed by atoms with Crippen LogP contribution in [0.5, 0.6) is 0 Å². The van der Waals surface area contributed by atoms with E-state index in [1.165, 1.54) is 0 Å². The van der Waals surface area contributed by atoms with Crippen molar-refractivity contribution in [1.29, 1.82) is 0 Å². The van der Waals surface area contributed by atoms with Crippen LogP contribution in [0.15, 0.2) is 6.33 Å². The Balaban J connectivity index is 2.66. The molecule has 0 atom stereocenters. The van der Waals surface area contributed by atoms with E-state index in [0.717, 1.165) is 12.4 Å². The molecule has 0 aliphatic carbocycles. The fraction of sp³-hybridized carbons (Fsp3) is 0.750. The summed E-state index contributed by atoms with van der Waals surface area (Å²) in [5.74, 6) is 0.671. The third kappa shape index (κ3) is 4.10. The minimum atomic E-state index is -0.200. The first-order chi connectivity index (χ1) is 8.58. The molecule has 1 rings (SSSR count). The summed E-state index contributed by atoms with van der Waals surface area (Å²) in [7, 11) is 0. The number of carbonyl (C=O) groups excluding carboxylic acids is 1. The molecule has 6 nitrogen and oxygen atoms in total. The Bertz CT molecular complexity index is 376. The van der Waals surface area contributed by atoms with Gasteiger partial charge in [-0.05, 0) is 27.7 Å². The zero-order valence-corrected chi connectivity index (χ0v) is 11.6. The number of aromatic nitrogens is 3. The maximum Gasteiger partial charge on any atom is 0.320 e. The predicted molar refractivity (Wildman–Crippen MR) is 67.9 cm³/mol. The Morgan fingerprint density at radius 1 is 1.50 bits per heavy atom. The van der Waals surface area contributed by atoms with Crippen LogP contribution in [0.2, 0.25) is 0 Å². The van der Waals surface area contributed by atoms with Gasteiger partial charge >= 0.3 is 5.97 Å². The number of hydrogen-bond acceptors (Lipinski definition) is 5. The molecule has 0 aromatic carbocycles. The molecule has 6 heteroatoms. The van der Waals surface area contributed by atoms with Gasteiger partial charge in [0.1, 0.15) is 12.2 Å². The number of esters is 1. The predicted octanol–water partition coefficient (Wildman–Crippen LogP) is 1.07. The van der Waals surface area contributed by atoms with E-state index >= 15 is 0 Å². The van der Waals surface area contributed by atoms with Crippen LogP contribution in [-0.2, 0) is 22.6 Å². The summed E-state index contributed by atoms with van der Waals surface area (Å²) in [5.41, 5.74) is 0. The molecule has 0 radical (unpaired) electrons. The molecular formula is C12H22N4O2. The zero-order valence-electron chi connectivity index (χ0n) is 11.6. The Morgan fingerprint density at radius 2 is 2.22 bits per heavy atom. The van der Waals surface area contributed by atoms with Crippen LogP contribution in [0.4, 0.5) is 0 Å². The summed E-state index contributed by atoms with van der Waals surface area (Å²) in [6, 6.07) is 0.247. The van der Waals surface area contributed by atoms with Gasteiger partial charge in [-0.15, -0.1) is 0 Å².